The quantitative estimate of drug-likeness (QED) is 0.657. The Morgan fingerprint density at radius 3 is 2.65 bits per heavy atom. The van der Waals surface area contributed by atoms with Gasteiger partial charge in [0.05, 0.1) is 5.56 Å². The van der Waals surface area contributed by atoms with E-state index < -0.39 is 17.2 Å². The largest absolute Gasteiger partial charge is 0.494 e. The minimum absolute atomic E-state index is 0.0710. The Hall–Kier alpha value is -2.85. The Morgan fingerprint density at radius 1 is 1.35 bits per heavy atom. The average Bonchev–Trinajstić information content (AvgIpc) is 2.92. The molecule has 0 amide bonds. The van der Waals surface area contributed by atoms with E-state index in [1.807, 2.05) is 12.1 Å². The molecule has 0 atom stereocenters. The molecule has 0 unspecified atom stereocenters. The van der Waals surface area contributed by atoms with Crippen molar-refractivity contribution in [2.24, 2.45) is 0 Å². The molecule has 0 aliphatic heterocycles. The number of pyridine rings is 1. The van der Waals surface area contributed by atoms with Crippen LogP contribution in [0.4, 0.5) is 0 Å². The van der Waals surface area contributed by atoms with Gasteiger partial charge in [0, 0.05) is 22.0 Å². The van der Waals surface area contributed by atoms with Crippen LogP contribution in [-0.4, -0.2) is 15.5 Å². The number of halogens is 1. The van der Waals surface area contributed by atoms with Gasteiger partial charge in [0.25, 0.3) is 5.56 Å². The normalized spacial score (nSPS) is 10.9. The van der Waals surface area contributed by atoms with Crippen LogP contribution in [0.5, 0.6) is 5.88 Å². The van der Waals surface area contributed by atoms with Crippen LogP contribution in [0.1, 0.15) is 39.7 Å². The maximum atomic E-state index is 13.1. The van der Waals surface area contributed by atoms with Gasteiger partial charge in [-0.25, -0.2) is 0 Å². The van der Waals surface area contributed by atoms with Gasteiger partial charge in [0.2, 0.25) is 11.7 Å². The highest BCUT2D eigenvalue weighted by Gasteiger charge is 2.28. The van der Waals surface area contributed by atoms with Gasteiger partial charge in [0.15, 0.2) is 5.76 Å². The number of hydrogen-bond donors (Lipinski definition) is 1. The van der Waals surface area contributed by atoms with Crippen LogP contribution < -0.4 is 5.56 Å². The predicted molar refractivity (Wildman–Crippen MR) is 99.6 cm³/mol. The smallest absolute Gasteiger partial charge is 0.271 e. The number of furan rings is 1. The number of ketones is 1. The van der Waals surface area contributed by atoms with Crippen LogP contribution in [0.2, 0.25) is 0 Å². The molecule has 2 heterocycles. The SMILES string of the molecule is CCn1c(O)c(C(=O)c2oc3ccc(Br)cc3c2C)c(C)c(C#N)c1=O. The van der Waals surface area contributed by atoms with Crippen molar-refractivity contribution in [2.45, 2.75) is 27.3 Å². The summed E-state index contributed by atoms with van der Waals surface area (Å²) in [5.41, 5.74) is 0.430. The Bertz CT molecular complexity index is 1170. The first kappa shape index (κ1) is 18.0. The van der Waals surface area contributed by atoms with Crippen LogP contribution in [0.3, 0.4) is 0 Å². The van der Waals surface area contributed by atoms with Crippen molar-refractivity contribution < 1.29 is 14.3 Å². The second kappa shape index (κ2) is 6.46. The fourth-order valence-electron chi connectivity index (χ4n) is 3.04. The zero-order chi connectivity index (χ0) is 19.2. The lowest BCUT2D eigenvalue weighted by molar-refractivity contribution is 0.101. The fraction of sp³-hybridized carbons (Fsp3) is 0.211. The molecule has 7 heteroatoms. The second-order valence-electron chi connectivity index (χ2n) is 5.89. The lowest BCUT2D eigenvalue weighted by Gasteiger charge is -2.13. The number of aryl methyl sites for hydroxylation is 1. The number of aromatic nitrogens is 1. The number of carbonyl (C=O) groups is 1. The first-order valence-electron chi connectivity index (χ1n) is 7.91. The van der Waals surface area contributed by atoms with Crippen molar-refractivity contribution >= 4 is 32.7 Å². The van der Waals surface area contributed by atoms with Crippen molar-refractivity contribution in [3.8, 4) is 11.9 Å². The molecule has 1 N–H and O–H groups in total. The monoisotopic (exact) mass is 414 g/mol. The van der Waals surface area contributed by atoms with Crippen molar-refractivity contribution in [3.05, 3.63) is 61.0 Å². The van der Waals surface area contributed by atoms with E-state index in [-0.39, 0.29) is 29.0 Å². The van der Waals surface area contributed by atoms with Gasteiger partial charge in [0.1, 0.15) is 17.2 Å². The standard InChI is InChI=1S/C19H15BrN2O4/c1-4-22-18(24)13(8-21)9(2)15(19(22)25)16(23)17-10(3)12-7-11(20)5-6-14(12)26-17/h5-7,25H,4H2,1-3H3. The summed E-state index contributed by atoms with van der Waals surface area (Å²) < 4.78 is 7.56. The molecule has 0 saturated heterocycles. The van der Waals surface area contributed by atoms with Gasteiger partial charge in [-0.3, -0.25) is 14.2 Å². The molecular formula is C19H15BrN2O4. The van der Waals surface area contributed by atoms with E-state index in [0.29, 0.717) is 11.1 Å². The lowest BCUT2D eigenvalue weighted by atomic mass is 9.98. The summed E-state index contributed by atoms with van der Waals surface area (Å²) in [6.45, 7) is 5.00. The molecule has 1 aromatic carbocycles. The van der Waals surface area contributed by atoms with Crippen LogP contribution >= 0.6 is 15.9 Å². The summed E-state index contributed by atoms with van der Waals surface area (Å²) in [7, 11) is 0. The number of benzene rings is 1. The lowest BCUT2D eigenvalue weighted by Crippen LogP contribution is -2.26. The number of aromatic hydroxyl groups is 1. The minimum atomic E-state index is -0.619. The second-order valence-corrected chi connectivity index (χ2v) is 6.80. The van der Waals surface area contributed by atoms with E-state index >= 15 is 0 Å². The summed E-state index contributed by atoms with van der Waals surface area (Å²) in [5, 5.41) is 20.6. The summed E-state index contributed by atoms with van der Waals surface area (Å²) in [6.07, 6.45) is 0. The number of nitrogens with zero attached hydrogens (tertiary/aromatic N) is 2. The Morgan fingerprint density at radius 2 is 2.04 bits per heavy atom. The Kier molecular flexibility index (Phi) is 4.46. The number of fused-ring (bicyclic) bond motifs is 1. The fourth-order valence-corrected chi connectivity index (χ4v) is 3.40. The van der Waals surface area contributed by atoms with Crippen molar-refractivity contribution in [2.75, 3.05) is 0 Å². The summed E-state index contributed by atoms with van der Waals surface area (Å²) in [6, 6.07) is 7.20. The molecule has 0 bridgehead atoms. The van der Waals surface area contributed by atoms with E-state index in [1.54, 1.807) is 26.0 Å². The highest BCUT2D eigenvalue weighted by Crippen LogP contribution is 2.32. The summed E-state index contributed by atoms with van der Waals surface area (Å²) in [5.74, 6) is -0.953. The maximum Gasteiger partial charge on any atom is 0.271 e. The van der Waals surface area contributed by atoms with Crippen molar-refractivity contribution in [1.82, 2.24) is 4.57 Å². The van der Waals surface area contributed by atoms with Crippen LogP contribution in [0.25, 0.3) is 11.0 Å². The molecule has 0 fully saturated rings. The van der Waals surface area contributed by atoms with Crippen LogP contribution in [0, 0.1) is 25.2 Å². The molecule has 26 heavy (non-hydrogen) atoms. The molecule has 3 aromatic rings. The van der Waals surface area contributed by atoms with E-state index in [1.165, 1.54) is 6.92 Å². The third kappa shape index (κ3) is 2.54. The molecule has 0 aliphatic rings. The van der Waals surface area contributed by atoms with Crippen molar-refractivity contribution in [1.29, 1.82) is 5.26 Å². The molecule has 0 aliphatic carbocycles. The molecule has 132 valence electrons. The molecule has 0 spiro atoms. The highest BCUT2D eigenvalue weighted by atomic mass is 79.9. The average molecular weight is 415 g/mol. The Labute approximate surface area is 157 Å². The zero-order valence-corrected chi connectivity index (χ0v) is 16.0. The number of nitriles is 1. The van der Waals surface area contributed by atoms with Crippen molar-refractivity contribution in [3.63, 3.8) is 0 Å². The third-order valence-corrected chi connectivity index (χ3v) is 4.94. The number of hydrogen-bond acceptors (Lipinski definition) is 5. The molecule has 6 nitrogen and oxygen atoms in total. The number of rotatable bonds is 3. The predicted octanol–water partition coefficient (Wildman–Crippen LogP) is 3.80. The van der Waals surface area contributed by atoms with Gasteiger partial charge in [-0.05, 0) is 44.5 Å². The van der Waals surface area contributed by atoms with E-state index in [2.05, 4.69) is 15.9 Å². The van der Waals surface area contributed by atoms with Gasteiger partial charge < -0.3 is 9.52 Å². The molecule has 3 rings (SSSR count). The van der Waals surface area contributed by atoms with Crippen LogP contribution in [-0.2, 0) is 6.54 Å². The summed E-state index contributed by atoms with van der Waals surface area (Å²) >= 11 is 3.39. The molecule has 0 saturated carbocycles. The van der Waals surface area contributed by atoms with Gasteiger partial charge in [-0.15, -0.1) is 0 Å². The zero-order valence-electron chi connectivity index (χ0n) is 14.4. The maximum absolute atomic E-state index is 13.1. The summed E-state index contributed by atoms with van der Waals surface area (Å²) in [4.78, 5) is 25.4. The third-order valence-electron chi connectivity index (χ3n) is 4.45. The molecule has 0 radical (unpaired) electrons. The van der Waals surface area contributed by atoms with E-state index in [4.69, 9.17) is 4.42 Å². The van der Waals surface area contributed by atoms with E-state index in [0.717, 1.165) is 14.4 Å². The first-order chi connectivity index (χ1) is 12.3. The Balaban J connectivity index is 2.32. The van der Waals surface area contributed by atoms with Gasteiger partial charge in [-0.2, -0.15) is 5.26 Å². The molecular weight excluding hydrogens is 400 g/mol. The van der Waals surface area contributed by atoms with E-state index in [9.17, 15) is 20.0 Å². The first-order valence-corrected chi connectivity index (χ1v) is 8.70. The molecule has 2 aromatic heterocycles. The van der Waals surface area contributed by atoms with Crippen LogP contribution in [0.15, 0.2) is 31.9 Å². The van der Waals surface area contributed by atoms with Gasteiger partial charge in [-0.1, -0.05) is 15.9 Å². The topological polar surface area (TPSA) is 96.2 Å². The van der Waals surface area contributed by atoms with Gasteiger partial charge >= 0.3 is 0 Å². The highest BCUT2D eigenvalue weighted by molar-refractivity contribution is 9.10. The minimum Gasteiger partial charge on any atom is -0.494 e. The number of carbonyl (C=O) groups excluding carboxylic acids is 1.